The summed E-state index contributed by atoms with van der Waals surface area (Å²) in [6.07, 6.45) is 1.95. The van der Waals surface area contributed by atoms with Crippen molar-refractivity contribution in [1.29, 1.82) is 0 Å². The number of hydrogen-bond acceptors (Lipinski definition) is 4. The van der Waals surface area contributed by atoms with Gasteiger partial charge in [0.1, 0.15) is 6.04 Å². The van der Waals surface area contributed by atoms with E-state index < -0.39 is 27.9 Å². The van der Waals surface area contributed by atoms with Gasteiger partial charge in [-0.2, -0.15) is 0 Å². The zero-order valence-corrected chi connectivity index (χ0v) is 14.7. The predicted molar refractivity (Wildman–Crippen MR) is 91.2 cm³/mol. The summed E-state index contributed by atoms with van der Waals surface area (Å²) in [6.45, 7) is 3.64. The Bertz CT molecular complexity index is 656. The molecule has 1 rings (SSSR count). The van der Waals surface area contributed by atoms with E-state index in [0.717, 1.165) is 6.42 Å². The molecule has 0 aliphatic heterocycles. The number of carbonyl (C=O) groups is 2. The van der Waals surface area contributed by atoms with Gasteiger partial charge in [-0.25, -0.2) is 17.9 Å². The molecular formula is C16H24N2O5S. The topological polar surface area (TPSA) is 113 Å². The minimum absolute atomic E-state index is 0.00181. The van der Waals surface area contributed by atoms with Crippen LogP contribution in [0.3, 0.4) is 0 Å². The van der Waals surface area contributed by atoms with Crippen LogP contribution in [0.25, 0.3) is 0 Å². The van der Waals surface area contributed by atoms with E-state index in [9.17, 15) is 18.0 Å². The maximum absolute atomic E-state index is 12.1. The van der Waals surface area contributed by atoms with Crippen LogP contribution in [0.15, 0.2) is 24.3 Å². The molecule has 7 nitrogen and oxygen atoms in total. The number of rotatable bonds is 10. The summed E-state index contributed by atoms with van der Waals surface area (Å²) >= 11 is 0. The smallest absolute Gasteiger partial charge is 0.326 e. The molecule has 134 valence electrons. The molecule has 0 aliphatic rings. The van der Waals surface area contributed by atoms with Crippen molar-refractivity contribution in [1.82, 2.24) is 10.0 Å². The lowest BCUT2D eigenvalue weighted by molar-refractivity contribution is -0.139. The normalized spacial score (nSPS) is 12.6. The number of benzene rings is 1. The summed E-state index contributed by atoms with van der Waals surface area (Å²) in [5, 5.41) is 11.6. The van der Waals surface area contributed by atoms with Crippen molar-refractivity contribution in [3.63, 3.8) is 0 Å². The summed E-state index contributed by atoms with van der Waals surface area (Å²) in [7, 11) is -3.27. The van der Waals surface area contributed by atoms with E-state index in [0.29, 0.717) is 24.0 Å². The molecule has 0 bridgehead atoms. The van der Waals surface area contributed by atoms with E-state index in [1.165, 1.54) is 0 Å². The van der Waals surface area contributed by atoms with E-state index in [1.807, 2.05) is 6.92 Å². The van der Waals surface area contributed by atoms with Gasteiger partial charge in [0.2, 0.25) is 10.0 Å². The molecule has 0 saturated carbocycles. The molecule has 0 saturated heterocycles. The first-order chi connectivity index (χ1) is 11.3. The lowest BCUT2D eigenvalue weighted by Gasteiger charge is -2.14. The molecule has 3 N–H and O–H groups in total. The van der Waals surface area contributed by atoms with Crippen LogP contribution in [0.2, 0.25) is 0 Å². The number of nitrogens with one attached hydrogen (secondary N) is 2. The van der Waals surface area contributed by atoms with Crippen LogP contribution < -0.4 is 10.0 Å². The van der Waals surface area contributed by atoms with E-state index in [1.54, 1.807) is 31.2 Å². The number of amides is 1. The average molecular weight is 356 g/mol. The summed E-state index contributed by atoms with van der Waals surface area (Å²) in [5.74, 6) is -1.51. The van der Waals surface area contributed by atoms with Crippen LogP contribution in [-0.4, -0.2) is 37.2 Å². The number of carboxylic acids is 1. The van der Waals surface area contributed by atoms with Gasteiger partial charge in [0, 0.05) is 12.1 Å². The Kier molecular flexibility index (Phi) is 7.87. The van der Waals surface area contributed by atoms with Gasteiger partial charge >= 0.3 is 5.97 Å². The van der Waals surface area contributed by atoms with Crippen LogP contribution in [0, 0.1) is 0 Å². The number of aliphatic carboxylic acids is 1. The van der Waals surface area contributed by atoms with Gasteiger partial charge in [-0.1, -0.05) is 31.9 Å². The minimum atomic E-state index is -3.27. The van der Waals surface area contributed by atoms with Crippen LogP contribution in [0.1, 0.15) is 49.0 Å². The molecule has 1 aromatic rings. The molecule has 1 atom stereocenters. The van der Waals surface area contributed by atoms with Gasteiger partial charge in [0.15, 0.2) is 0 Å². The highest BCUT2D eigenvalue weighted by atomic mass is 32.2. The predicted octanol–water partition coefficient (Wildman–Crippen LogP) is 1.50. The average Bonchev–Trinajstić information content (AvgIpc) is 2.56. The molecule has 1 aromatic carbocycles. The number of sulfonamides is 1. The third kappa shape index (κ3) is 6.67. The number of carbonyl (C=O) groups excluding carboxylic acids is 1. The summed E-state index contributed by atoms with van der Waals surface area (Å²) in [4.78, 5) is 23.3. The fraction of sp³-hybridized carbons (Fsp3) is 0.500. The molecule has 8 heteroatoms. The van der Waals surface area contributed by atoms with Gasteiger partial charge in [-0.05, 0) is 31.0 Å². The van der Waals surface area contributed by atoms with Crippen molar-refractivity contribution in [2.24, 2.45) is 0 Å². The molecule has 1 unspecified atom stereocenters. The first kappa shape index (κ1) is 20.1. The molecule has 0 fully saturated rings. The van der Waals surface area contributed by atoms with Gasteiger partial charge in [0.05, 0.1) is 5.75 Å². The summed E-state index contributed by atoms with van der Waals surface area (Å²) in [5.41, 5.74) is 1.05. The highest BCUT2D eigenvalue weighted by Gasteiger charge is 2.19. The lowest BCUT2D eigenvalue weighted by atomic mass is 10.1. The zero-order valence-electron chi connectivity index (χ0n) is 13.9. The van der Waals surface area contributed by atoms with Crippen LogP contribution in [-0.2, 0) is 21.4 Å². The quantitative estimate of drug-likeness (QED) is 0.588. The van der Waals surface area contributed by atoms with E-state index in [4.69, 9.17) is 5.11 Å². The van der Waals surface area contributed by atoms with Crippen molar-refractivity contribution >= 4 is 21.9 Å². The third-order valence-corrected chi connectivity index (χ3v) is 4.89. The van der Waals surface area contributed by atoms with Crippen molar-refractivity contribution in [3.05, 3.63) is 35.4 Å². The maximum Gasteiger partial charge on any atom is 0.326 e. The molecule has 0 aliphatic carbocycles. The van der Waals surface area contributed by atoms with Gasteiger partial charge in [0.25, 0.3) is 5.91 Å². The standard InChI is InChI=1S/C16H24N2O5S/c1-3-5-6-14(16(20)21)18-15(19)13-9-7-12(8-10-13)11-17-24(22,23)4-2/h7-10,14,17H,3-6,11H2,1-2H3,(H,18,19)(H,20,21). The molecule has 0 aromatic heterocycles. The van der Waals surface area contributed by atoms with Crippen molar-refractivity contribution in [2.45, 2.75) is 45.7 Å². The molecule has 0 radical (unpaired) electrons. The SMILES string of the molecule is CCCCC(NC(=O)c1ccc(CNS(=O)(=O)CC)cc1)C(=O)O. The van der Waals surface area contributed by atoms with Crippen molar-refractivity contribution in [3.8, 4) is 0 Å². The minimum Gasteiger partial charge on any atom is -0.480 e. The van der Waals surface area contributed by atoms with Gasteiger partial charge < -0.3 is 10.4 Å². The van der Waals surface area contributed by atoms with Crippen molar-refractivity contribution < 1.29 is 23.1 Å². The van der Waals surface area contributed by atoms with Gasteiger partial charge in [-0.3, -0.25) is 4.79 Å². The Morgan fingerprint density at radius 1 is 1.17 bits per heavy atom. The summed E-state index contributed by atoms with van der Waals surface area (Å²) in [6, 6.07) is 5.45. The largest absolute Gasteiger partial charge is 0.480 e. The molecule has 1 amide bonds. The van der Waals surface area contributed by atoms with Crippen LogP contribution in [0.4, 0.5) is 0 Å². The van der Waals surface area contributed by atoms with E-state index in [2.05, 4.69) is 10.0 Å². The molecule has 0 heterocycles. The molecular weight excluding hydrogens is 332 g/mol. The first-order valence-electron chi connectivity index (χ1n) is 7.89. The van der Waals surface area contributed by atoms with Crippen LogP contribution in [0.5, 0.6) is 0 Å². The second kappa shape index (κ2) is 9.39. The highest BCUT2D eigenvalue weighted by Crippen LogP contribution is 2.07. The molecule has 0 spiro atoms. The van der Waals surface area contributed by atoms with Crippen molar-refractivity contribution in [2.75, 3.05) is 5.75 Å². The third-order valence-electron chi connectivity index (χ3n) is 3.54. The van der Waals surface area contributed by atoms with E-state index >= 15 is 0 Å². The number of hydrogen-bond donors (Lipinski definition) is 3. The van der Waals surface area contributed by atoms with E-state index in [-0.39, 0.29) is 12.3 Å². The Labute approximate surface area is 142 Å². The Morgan fingerprint density at radius 2 is 1.79 bits per heavy atom. The Balaban J connectivity index is 2.67. The fourth-order valence-electron chi connectivity index (χ4n) is 1.98. The second-order valence-electron chi connectivity index (χ2n) is 5.43. The monoisotopic (exact) mass is 356 g/mol. The van der Waals surface area contributed by atoms with Gasteiger partial charge in [-0.15, -0.1) is 0 Å². The Morgan fingerprint density at radius 3 is 2.29 bits per heavy atom. The zero-order chi connectivity index (χ0) is 18.2. The number of carboxylic acid groups (broad SMARTS) is 1. The summed E-state index contributed by atoms with van der Waals surface area (Å²) < 4.78 is 25.2. The number of unbranched alkanes of at least 4 members (excludes halogenated alkanes) is 1. The second-order valence-corrected chi connectivity index (χ2v) is 7.52. The maximum atomic E-state index is 12.1. The van der Waals surface area contributed by atoms with Crippen LogP contribution >= 0.6 is 0 Å². The Hall–Kier alpha value is -1.93. The highest BCUT2D eigenvalue weighted by molar-refractivity contribution is 7.89. The fourth-order valence-corrected chi connectivity index (χ4v) is 2.57. The lowest BCUT2D eigenvalue weighted by Crippen LogP contribution is -2.40. The molecule has 24 heavy (non-hydrogen) atoms. The first-order valence-corrected chi connectivity index (χ1v) is 9.54.